The molecule has 0 spiro atoms. The first-order valence-electron chi connectivity index (χ1n) is 7.99. The minimum Gasteiger partial charge on any atom is -0.481 e. The van der Waals surface area contributed by atoms with Crippen molar-refractivity contribution in [3.63, 3.8) is 0 Å². The third-order valence-corrected chi connectivity index (χ3v) is 4.45. The van der Waals surface area contributed by atoms with Crippen LogP contribution in [0, 0.1) is 11.3 Å². The first kappa shape index (κ1) is 17.4. The van der Waals surface area contributed by atoms with Gasteiger partial charge in [0.15, 0.2) is 0 Å². The summed E-state index contributed by atoms with van der Waals surface area (Å²) >= 11 is 0. The number of hydrogen-bond donors (Lipinski definition) is 3. The van der Waals surface area contributed by atoms with E-state index in [0.29, 0.717) is 13.0 Å². The molecule has 1 atom stereocenters. The molecular weight excluding hydrogens is 254 g/mol. The van der Waals surface area contributed by atoms with E-state index in [1.165, 1.54) is 25.7 Å². The van der Waals surface area contributed by atoms with Gasteiger partial charge >= 0.3 is 5.97 Å². The van der Waals surface area contributed by atoms with Gasteiger partial charge in [-0.1, -0.05) is 39.5 Å². The van der Waals surface area contributed by atoms with Crippen LogP contribution < -0.4 is 5.32 Å². The Morgan fingerprint density at radius 1 is 1.30 bits per heavy atom. The van der Waals surface area contributed by atoms with Crippen LogP contribution >= 0.6 is 0 Å². The van der Waals surface area contributed by atoms with Gasteiger partial charge < -0.3 is 15.5 Å². The average Bonchev–Trinajstić information content (AvgIpc) is 2.85. The molecule has 4 nitrogen and oxygen atoms in total. The van der Waals surface area contributed by atoms with Crippen molar-refractivity contribution in [2.24, 2.45) is 11.3 Å². The van der Waals surface area contributed by atoms with Gasteiger partial charge in [0.05, 0.1) is 6.10 Å². The fourth-order valence-electron chi connectivity index (χ4n) is 2.98. The number of aliphatic hydroxyl groups is 1. The number of carbonyl (C=O) groups is 1. The van der Waals surface area contributed by atoms with Gasteiger partial charge in [-0.15, -0.1) is 0 Å². The molecule has 0 aromatic heterocycles. The maximum absolute atomic E-state index is 10.6. The summed E-state index contributed by atoms with van der Waals surface area (Å²) in [5.74, 6) is -0.00294. The lowest BCUT2D eigenvalue weighted by Gasteiger charge is -2.24. The SMILES string of the molecule is CC(C)(CCNCC(O)CC1CCCC1)CCC(=O)O. The van der Waals surface area contributed by atoms with Crippen molar-refractivity contribution in [3.8, 4) is 0 Å². The molecular formula is C16H31NO3. The summed E-state index contributed by atoms with van der Waals surface area (Å²) in [6, 6.07) is 0. The van der Waals surface area contributed by atoms with Crippen LogP contribution in [-0.4, -0.2) is 35.4 Å². The number of aliphatic hydroxyl groups excluding tert-OH is 1. The lowest BCUT2D eigenvalue weighted by Crippen LogP contribution is -2.31. The molecule has 0 aromatic carbocycles. The summed E-state index contributed by atoms with van der Waals surface area (Å²) < 4.78 is 0. The molecule has 0 amide bonds. The van der Waals surface area contributed by atoms with Crippen LogP contribution in [0.5, 0.6) is 0 Å². The Morgan fingerprint density at radius 3 is 2.55 bits per heavy atom. The minimum absolute atomic E-state index is 0.0434. The van der Waals surface area contributed by atoms with Gasteiger partial charge in [0.25, 0.3) is 0 Å². The normalized spacial score (nSPS) is 18.4. The van der Waals surface area contributed by atoms with Crippen molar-refractivity contribution >= 4 is 5.97 Å². The number of hydrogen-bond acceptors (Lipinski definition) is 3. The van der Waals surface area contributed by atoms with Gasteiger partial charge in [-0.25, -0.2) is 0 Å². The van der Waals surface area contributed by atoms with Crippen LogP contribution in [-0.2, 0) is 4.79 Å². The Bertz CT molecular complexity index is 285. The summed E-state index contributed by atoms with van der Waals surface area (Å²) in [6.07, 6.45) is 7.77. The van der Waals surface area contributed by atoms with Crippen molar-refractivity contribution in [2.45, 2.75) is 71.3 Å². The fourth-order valence-corrected chi connectivity index (χ4v) is 2.98. The molecule has 0 radical (unpaired) electrons. The van der Waals surface area contributed by atoms with Crippen molar-refractivity contribution in [1.29, 1.82) is 0 Å². The number of carboxylic acids is 1. The van der Waals surface area contributed by atoms with E-state index in [-0.39, 0.29) is 17.9 Å². The summed E-state index contributed by atoms with van der Waals surface area (Å²) in [5.41, 5.74) is 0.0434. The van der Waals surface area contributed by atoms with E-state index >= 15 is 0 Å². The topological polar surface area (TPSA) is 69.6 Å². The van der Waals surface area contributed by atoms with E-state index in [1.807, 2.05) is 0 Å². The summed E-state index contributed by atoms with van der Waals surface area (Å²) in [4.78, 5) is 10.6. The molecule has 1 aliphatic rings. The summed E-state index contributed by atoms with van der Waals surface area (Å²) in [6.45, 7) is 5.71. The van der Waals surface area contributed by atoms with E-state index in [4.69, 9.17) is 5.11 Å². The van der Waals surface area contributed by atoms with E-state index in [1.54, 1.807) is 0 Å². The van der Waals surface area contributed by atoms with E-state index in [0.717, 1.165) is 25.3 Å². The Kier molecular flexibility index (Phi) is 7.52. The summed E-state index contributed by atoms with van der Waals surface area (Å²) in [7, 11) is 0. The highest BCUT2D eigenvalue weighted by Crippen LogP contribution is 2.28. The Balaban J connectivity index is 2.06. The molecule has 0 bridgehead atoms. The standard InChI is InChI=1S/C16H31NO3/c1-16(2,8-7-15(19)20)9-10-17-12-14(18)11-13-5-3-4-6-13/h13-14,17-18H,3-12H2,1-2H3,(H,19,20). The van der Waals surface area contributed by atoms with Gasteiger partial charge in [-0.3, -0.25) is 4.79 Å². The maximum Gasteiger partial charge on any atom is 0.303 e. The highest BCUT2D eigenvalue weighted by molar-refractivity contribution is 5.66. The molecule has 0 aliphatic heterocycles. The molecule has 1 fully saturated rings. The van der Waals surface area contributed by atoms with Gasteiger partial charge in [0.2, 0.25) is 0 Å². The van der Waals surface area contributed by atoms with Crippen LogP contribution in [0.25, 0.3) is 0 Å². The van der Waals surface area contributed by atoms with E-state index in [9.17, 15) is 9.90 Å². The molecule has 1 saturated carbocycles. The molecule has 0 saturated heterocycles. The highest BCUT2D eigenvalue weighted by Gasteiger charge is 2.20. The molecule has 4 heteroatoms. The zero-order valence-corrected chi connectivity index (χ0v) is 13.0. The fraction of sp³-hybridized carbons (Fsp3) is 0.938. The second kappa shape index (κ2) is 8.63. The molecule has 0 heterocycles. The molecule has 1 rings (SSSR count). The van der Waals surface area contributed by atoms with Crippen molar-refractivity contribution in [1.82, 2.24) is 5.32 Å². The van der Waals surface area contributed by atoms with Crippen molar-refractivity contribution in [3.05, 3.63) is 0 Å². The van der Waals surface area contributed by atoms with Crippen LogP contribution in [0.3, 0.4) is 0 Å². The van der Waals surface area contributed by atoms with E-state index < -0.39 is 5.97 Å². The predicted octanol–water partition coefficient (Wildman–Crippen LogP) is 2.80. The second-order valence-electron chi connectivity index (χ2n) is 7.05. The Labute approximate surface area is 123 Å². The second-order valence-corrected chi connectivity index (χ2v) is 7.05. The first-order valence-corrected chi connectivity index (χ1v) is 7.99. The van der Waals surface area contributed by atoms with Crippen LogP contribution in [0.15, 0.2) is 0 Å². The Morgan fingerprint density at radius 2 is 1.95 bits per heavy atom. The average molecular weight is 285 g/mol. The summed E-state index contributed by atoms with van der Waals surface area (Å²) in [5, 5.41) is 22.0. The van der Waals surface area contributed by atoms with E-state index in [2.05, 4.69) is 19.2 Å². The van der Waals surface area contributed by atoms with Gasteiger partial charge in [-0.2, -0.15) is 0 Å². The molecule has 118 valence electrons. The molecule has 20 heavy (non-hydrogen) atoms. The number of aliphatic carboxylic acids is 1. The number of nitrogens with one attached hydrogen (secondary N) is 1. The lowest BCUT2D eigenvalue weighted by atomic mass is 9.84. The van der Waals surface area contributed by atoms with Crippen LogP contribution in [0.4, 0.5) is 0 Å². The quantitative estimate of drug-likeness (QED) is 0.540. The lowest BCUT2D eigenvalue weighted by molar-refractivity contribution is -0.137. The zero-order chi connectivity index (χ0) is 15.0. The maximum atomic E-state index is 10.6. The van der Waals surface area contributed by atoms with Crippen molar-refractivity contribution in [2.75, 3.05) is 13.1 Å². The molecule has 3 N–H and O–H groups in total. The van der Waals surface area contributed by atoms with Crippen LogP contribution in [0.1, 0.15) is 65.2 Å². The third kappa shape index (κ3) is 7.85. The monoisotopic (exact) mass is 285 g/mol. The molecule has 1 aliphatic carbocycles. The smallest absolute Gasteiger partial charge is 0.303 e. The zero-order valence-electron chi connectivity index (χ0n) is 13.0. The number of carboxylic acid groups (broad SMARTS) is 1. The van der Waals surface area contributed by atoms with Gasteiger partial charge in [-0.05, 0) is 37.1 Å². The van der Waals surface area contributed by atoms with Gasteiger partial charge in [0, 0.05) is 13.0 Å². The third-order valence-electron chi connectivity index (χ3n) is 4.45. The van der Waals surface area contributed by atoms with Crippen LogP contribution in [0.2, 0.25) is 0 Å². The molecule has 0 aromatic rings. The minimum atomic E-state index is -0.724. The highest BCUT2D eigenvalue weighted by atomic mass is 16.4. The largest absolute Gasteiger partial charge is 0.481 e. The predicted molar refractivity (Wildman–Crippen MR) is 80.7 cm³/mol. The Hall–Kier alpha value is -0.610. The van der Waals surface area contributed by atoms with Crippen molar-refractivity contribution < 1.29 is 15.0 Å². The number of rotatable bonds is 10. The van der Waals surface area contributed by atoms with Gasteiger partial charge in [0.1, 0.15) is 0 Å². The molecule has 1 unspecified atom stereocenters. The first-order chi connectivity index (χ1) is 9.39.